The molecule has 2 aromatic rings. The van der Waals surface area contributed by atoms with Gasteiger partial charge in [0.1, 0.15) is 0 Å². The molecule has 1 heteroatoms. The number of aromatic nitrogens is 1. The van der Waals surface area contributed by atoms with Gasteiger partial charge in [0.05, 0.1) is 0 Å². The topological polar surface area (TPSA) is 12.9 Å². The van der Waals surface area contributed by atoms with Crippen LogP contribution in [0.4, 0.5) is 0 Å². The first kappa shape index (κ1) is 12.8. The molecule has 0 bridgehead atoms. The molecule has 1 aromatic heterocycles. The van der Waals surface area contributed by atoms with Crippen molar-refractivity contribution in [2.24, 2.45) is 0 Å². The van der Waals surface area contributed by atoms with Gasteiger partial charge in [0, 0.05) is 11.9 Å². The maximum Gasteiger partial charge on any atom is 0.0375 e. The van der Waals surface area contributed by atoms with Crippen molar-refractivity contribution >= 4 is 0 Å². The van der Waals surface area contributed by atoms with Crippen LogP contribution in [-0.2, 0) is 12.8 Å². The molecule has 1 aromatic carbocycles. The minimum atomic E-state index is 0.541. The molecule has 0 N–H and O–H groups in total. The van der Waals surface area contributed by atoms with Crippen LogP contribution in [0.15, 0.2) is 42.6 Å². The zero-order chi connectivity index (χ0) is 13.0. The van der Waals surface area contributed by atoms with Crippen molar-refractivity contribution in [3.63, 3.8) is 0 Å². The minimum absolute atomic E-state index is 0.541. The summed E-state index contributed by atoms with van der Waals surface area (Å²) in [5.74, 6) is 0.541. The summed E-state index contributed by atoms with van der Waals surface area (Å²) in [7, 11) is 0. The summed E-state index contributed by atoms with van der Waals surface area (Å²) in [6, 6.07) is 13.2. The Morgan fingerprint density at radius 2 is 1.89 bits per heavy atom. The van der Waals surface area contributed by atoms with Crippen molar-refractivity contribution in [1.82, 2.24) is 4.98 Å². The molecule has 1 atom stereocenters. The maximum absolute atomic E-state index is 4.26. The van der Waals surface area contributed by atoms with Crippen LogP contribution in [-0.4, -0.2) is 4.98 Å². The van der Waals surface area contributed by atoms with Crippen molar-refractivity contribution in [3.8, 4) is 0 Å². The van der Waals surface area contributed by atoms with Gasteiger partial charge < -0.3 is 0 Å². The monoisotopic (exact) mass is 239 g/mol. The molecule has 0 spiro atoms. The SMILES string of the molecule is CCc1cccc(CC(C)c2ccnc(C)c2)c1. The highest BCUT2D eigenvalue weighted by atomic mass is 14.6. The largest absolute Gasteiger partial charge is 0.262 e. The fourth-order valence-electron chi connectivity index (χ4n) is 2.32. The van der Waals surface area contributed by atoms with Crippen molar-refractivity contribution in [2.75, 3.05) is 0 Å². The number of hydrogen-bond donors (Lipinski definition) is 0. The summed E-state index contributed by atoms with van der Waals surface area (Å²) in [4.78, 5) is 4.26. The molecule has 1 heterocycles. The molecule has 0 aliphatic heterocycles. The van der Waals surface area contributed by atoms with Gasteiger partial charge in [0.2, 0.25) is 0 Å². The summed E-state index contributed by atoms with van der Waals surface area (Å²) < 4.78 is 0. The molecule has 0 aliphatic carbocycles. The van der Waals surface area contributed by atoms with Gasteiger partial charge in [0.25, 0.3) is 0 Å². The standard InChI is InChI=1S/C17H21N/c1-4-15-6-5-7-16(12-15)10-13(2)17-8-9-18-14(3)11-17/h5-9,11-13H,4,10H2,1-3H3. The molecule has 0 radical (unpaired) electrons. The summed E-state index contributed by atoms with van der Waals surface area (Å²) in [6.45, 7) is 6.54. The Morgan fingerprint density at radius 1 is 1.11 bits per heavy atom. The predicted octanol–water partition coefficient (Wildman–Crippen LogP) is 4.30. The molecule has 2 rings (SSSR count). The number of benzene rings is 1. The first-order chi connectivity index (χ1) is 8.69. The lowest BCUT2D eigenvalue weighted by molar-refractivity contribution is 0.754. The van der Waals surface area contributed by atoms with Gasteiger partial charge >= 0.3 is 0 Å². The Kier molecular flexibility index (Phi) is 4.14. The number of rotatable bonds is 4. The van der Waals surface area contributed by atoms with E-state index in [-0.39, 0.29) is 0 Å². The molecule has 1 nitrogen and oxygen atoms in total. The normalized spacial score (nSPS) is 12.4. The van der Waals surface area contributed by atoms with Crippen molar-refractivity contribution < 1.29 is 0 Å². The molecule has 0 aliphatic rings. The average Bonchev–Trinajstić information content (AvgIpc) is 2.39. The van der Waals surface area contributed by atoms with Crippen LogP contribution in [0.5, 0.6) is 0 Å². The lowest BCUT2D eigenvalue weighted by atomic mass is 9.93. The van der Waals surface area contributed by atoms with Gasteiger partial charge in [0.15, 0.2) is 0 Å². The van der Waals surface area contributed by atoms with E-state index in [0.29, 0.717) is 5.92 Å². The van der Waals surface area contributed by atoms with E-state index in [0.717, 1.165) is 18.5 Å². The average molecular weight is 239 g/mol. The Labute approximate surface area is 110 Å². The number of pyridine rings is 1. The molecule has 94 valence electrons. The number of hydrogen-bond acceptors (Lipinski definition) is 1. The first-order valence-electron chi connectivity index (χ1n) is 6.69. The third-order valence-corrected chi connectivity index (χ3v) is 3.43. The highest BCUT2D eigenvalue weighted by molar-refractivity contribution is 5.27. The number of nitrogens with zero attached hydrogens (tertiary/aromatic N) is 1. The second-order valence-corrected chi connectivity index (χ2v) is 5.01. The van der Waals surface area contributed by atoms with Crippen LogP contribution in [0.2, 0.25) is 0 Å². The Bertz CT molecular complexity index is 517. The zero-order valence-electron chi connectivity index (χ0n) is 11.5. The Hall–Kier alpha value is -1.63. The molecular formula is C17H21N. The molecule has 0 saturated heterocycles. The molecule has 0 saturated carbocycles. The van der Waals surface area contributed by atoms with E-state index in [1.54, 1.807) is 0 Å². The van der Waals surface area contributed by atoms with E-state index in [4.69, 9.17) is 0 Å². The van der Waals surface area contributed by atoms with Gasteiger partial charge in [-0.05, 0) is 54.5 Å². The van der Waals surface area contributed by atoms with Crippen LogP contribution >= 0.6 is 0 Å². The fourth-order valence-corrected chi connectivity index (χ4v) is 2.32. The van der Waals surface area contributed by atoms with Gasteiger partial charge in [-0.2, -0.15) is 0 Å². The molecule has 1 unspecified atom stereocenters. The van der Waals surface area contributed by atoms with Gasteiger partial charge in [-0.25, -0.2) is 0 Å². The Morgan fingerprint density at radius 3 is 2.61 bits per heavy atom. The predicted molar refractivity (Wildman–Crippen MR) is 76.9 cm³/mol. The van der Waals surface area contributed by atoms with E-state index in [1.165, 1.54) is 16.7 Å². The molecule has 0 fully saturated rings. The van der Waals surface area contributed by atoms with Gasteiger partial charge in [-0.15, -0.1) is 0 Å². The smallest absolute Gasteiger partial charge is 0.0375 e. The summed E-state index contributed by atoms with van der Waals surface area (Å²) in [6.07, 6.45) is 4.11. The van der Waals surface area contributed by atoms with Crippen molar-refractivity contribution in [2.45, 2.75) is 39.5 Å². The van der Waals surface area contributed by atoms with Crippen LogP contribution in [0.25, 0.3) is 0 Å². The molecule has 0 amide bonds. The summed E-state index contributed by atoms with van der Waals surface area (Å²) in [5.41, 5.74) is 5.33. The van der Waals surface area contributed by atoms with Crippen LogP contribution in [0, 0.1) is 6.92 Å². The summed E-state index contributed by atoms with van der Waals surface area (Å²) >= 11 is 0. The van der Waals surface area contributed by atoms with E-state index < -0.39 is 0 Å². The third-order valence-electron chi connectivity index (χ3n) is 3.43. The van der Waals surface area contributed by atoms with E-state index >= 15 is 0 Å². The van der Waals surface area contributed by atoms with E-state index in [2.05, 4.69) is 55.2 Å². The van der Waals surface area contributed by atoms with Crippen molar-refractivity contribution in [3.05, 3.63) is 65.0 Å². The zero-order valence-corrected chi connectivity index (χ0v) is 11.5. The highest BCUT2D eigenvalue weighted by Gasteiger charge is 2.07. The van der Waals surface area contributed by atoms with Crippen LogP contribution < -0.4 is 0 Å². The highest BCUT2D eigenvalue weighted by Crippen LogP contribution is 2.21. The van der Waals surface area contributed by atoms with Crippen LogP contribution in [0.1, 0.15) is 42.1 Å². The fraction of sp³-hybridized carbons (Fsp3) is 0.353. The lowest BCUT2D eigenvalue weighted by Gasteiger charge is -2.13. The second-order valence-electron chi connectivity index (χ2n) is 5.01. The van der Waals surface area contributed by atoms with E-state index in [1.807, 2.05) is 13.1 Å². The van der Waals surface area contributed by atoms with E-state index in [9.17, 15) is 0 Å². The second kappa shape index (κ2) is 5.81. The lowest BCUT2D eigenvalue weighted by Crippen LogP contribution is -2.00. The van der Waals surface area contributed by atoms with Gasteiger partial charge in [-0.3, -0.25) is 4.98 Å². The van der Waals surface area contributed by atoms with Gasteiger partial charge in [-0.1, -0.05) is 38.1 Å². The first-order valence-corrected chi connectivity index (χ1v) is 6.69. The molecular weight excluding hydrogens is 218 g/mol. The number of aryl methyl sites for hydroxylation is 2. The molecule has 18 heavy (non-hydrogen) atoms. The summed E-state index contributed by atoms with van der Waals surface area (Å²) in [5, 5.41) is 0. The van der Waals surface area contributed by atoms with Crippen molar-refractivity contribution in [1.29, 1.82) is 0 Å². The van der Waals surface area contributed by atoms with Crippen LogP contribution in [0.3, 0.4) is 0 Å². The third kappa shape index (κ3) is 3.19. The minimum Gasteiger partial charge on any atom is -0.262 e. The Balaban J connectivity index is 2.13. The quantitative estimate of drug-likeness (QED) is 0.775. The maximum atomic E-state index is 4.26.